The summed E-state index contributed by atoms with van der Waals surface area (Å²) in [5.74, 6) is 3.42. The zero-order valence-corrected chi connectivity index (χ0v) is 16.9. The lowest BCUT2D eigenvalue weighted by molar-refractivity contribution is 0.0733. The Hall–Kier alpha value is -2.63. The highest BCUT2D eigenvalue weighted by Gasteiger charge is 2.28. The van der Waals surface area contributed by atoms with Crippen molar-refractivity contribution in [3.05, 3.63) is 46.9 Å². The molecule has 0 atom stereocenters. The molecule has 1 fully saturated rings. The summed E-state index contributed by atoms with van der Waals surface area (Å²) < 4.78 is 5.20. The van der Waals surface area contributed by atoms with Gasteiger partial charge in [0.15, 0.2) is 0 Å². The number of rotatable bonds is 3. The van der Waals surface area contributed by atoms with E-state index in [1.54, 1.807) is 7.11 Å². The molecule has 6 heteroatoms. The van der Waals surface area contributed by atoms with Gasteiger partial charge < -0.3 is 14.5 Å². The zero-order chi connectivity index (χ0) is 19.7. The minimum atomic E-state index is 0.0482. The molecule has 0 aliphatic carbocycles. The first kappa shape index (κ1) is 18.7. The van der Waals surface area contributed by atoms with E-state index in [1.165, 1.54) is 12.8 Å². The number of aryl methyl sites for hydroxylation is 1. The molecule has 148 valence electrons. The average molecular weight is 380 g/mol. The Morgan fingerprint density at radius 2 is 1.82 bits per heavy atom. The molecule has 2 aliphatic rings. The quantitative estimate of drug-likeness (QED) is 0.818. The topological polar surface area (TPSA) is 58.6 Å². The maximum Gasteiger partial charge on any atom is 0.254 e. The highest BCUT2D eigenvalue weighted by Crippen LogP contribution is 2.30. The molecule has 2 aliphatic heterocycles. The Balaban J connectivity index is 1.59. The van der Waals surface area contributed by atoms with Crippen LogP contribution in [0.4, 0.5) is 5.82 Å². The number of benzene rings is 1. The summed E-state index contributed by atoms with van der Waals surface area (Å²) >= 11 is 0. The molecule has 0 bridgehead atoms. The number of anilines is 1. The van der Waals surface area contributed by atoms with Crippen LogP contribution in [0.25, 0.3) is 0 Å². The number of ether oxygens (including phenoxy) is 1. The number of hydrogen-bond acceptors (Lipinski definition) is 5. The van der Waals surface area contributed by atoms with Crippen LogP contribution in [0.2, 0.25) is 0 Å². The summed E-state index contributed by atoms with van der Waals surface area (Å²) in [5, 5.41) is 0. The Labute approximate surface area is 166 Å². The monoisotopic (exact) mass is 380 g/mol. The van der Waals surface area contributed by atoms with Crippen LogP contribution in [-0.4, -0.2) is 47.5 Å². The molecule has 4 rings (SSSR count). The lowest BCUT2D eigenvalue weighted by Crippen LogP contribution is -2.40. The summed E-state index contributed by atoms with van der Waals surface area (Å²) in [7, 11) is 1.63. The van der Waals surface area contributed by atoms with Gasteiger partial charge in [0.25, 0.3) is 5.91 Å². The Kier molecular flexibility index (Phi) is 5.20. The molecule has 1 amide bonds. The lowest BCUT2D eigenvalue weighted by atomic mass is 9.98. The van der Waals surface area contributed by atoms with Crippen LogP contribution in [0.15, 0.2) is 24.3 Å². The normalized spacial score (nSPS) is 17.4. The molecule has 1 aromatic heterocycles. The molecular formula is C22H28N4O2. The van der Waals surface area contributed by atoms with E-state index >= 15 is 0 Å². The molecule has 0 radical (unpaired) electrons. The van der Waals surface area contributed by atoms with Gasteiger partial charge >= 0.3 is 0 Å². The van der Waals surface area contributed by atoms with Gasteiger partial charge in [-0.1, -0.05) is 6.92 Å². The van der Waals surface area contributed by atoms with E-state index in [4.69, 9.17) is 9.72 Å². The Morgan fingerprint density at radius 3 is 2.50 bits per heavy atom. The van der Waals surface area contributed by atoms with Crippen molar-refractivity contribution in [3.63, 3.8) is 0 Å². The number of hydrogen-bond donors (Lipinski definition) is 0. The fraction of sp³-hybridized carbons (Fsp3) is 0.500. The van der Waals surface area contributed by atoms with Crippen LogP contribution in [0.1, 0.15) is 47.2 Å². The number of fused-ring (bicyclic) bond motifs is 1. The predicted molar refractivity (Wildman–Crippen MR) is 109 cm³/mol. The van der Waals surface area contributed by atoms with Crippen LogP contribution in [0, 0.1) is 12.8 Å². The van der Waals surface area contributed by atoms with Gasteiger partial charge in [0.05, 0.1) is 19.3 Å². The molecule has 2 aromatic rings. The minimum Gasteiger partial charge on any atom is -0.497 e. The second kappa shape index (κ2) is 7.78. The van der Waals surface area contributed by atoms with E-state index in [9.17, 15) is 4.79 Å². The van der Waals surface area contributed by atoms with Gasteiger partial charge in [-0.2, -0.15) is 0 Å². The van der Waals surface area contributed by atoms with Gasteiger partial charge in [-0.25, -0.2) is 9.97 Å². The van der Waals surface area contributed by atoms with Gasteiger partial charge in [-0.3, -0.25) is 4.79 Å². The lowest BCUT2D eigenvalue weighted by Gasteiger charge is -2.36. The maximum atomic E-state index is 13.0. The molecule has 3 heterocycles. The first-order chi connectivity index (χ1) is 13.5. The van der Waals surface area contributed by atoms with Crippen LogP contribution < -0.4 is 9.64 Å². The van der Waals surface area contributed by atoms with E-state index in [1.807, 2.05) is 36.1 Å². The van der Waals surface area contributed by atoms with Gasteiger partial charge in [-0.15, -0.1) is 0 Å². The van der Waals surface area contributed by atoms with E-state index in [-0.39, 0.29) is 5.91 Å². The second-order valence-electron chi connectivity index (χ2n) is 7.89. The van der Waals surface area contributed by atoms with Crippen molar-refractivity contribution < 1.29 is 9.53 Å². The highest BCUT2D eigenvalue weighted by molar-refractivity contribution is 5.94. The van der Waals surface area contributed by atoms with Gasteiger partial charge in [0, 0.05) is 37.2 Å². The van der Waals surface area contributed by atoms with Gasteiger partial charge in [0.1, 0.15) is 17.4 Å². The third-order valence-corrected chi connectivity index (χ3v) is 5.86. The Bertz CT molecular complexity index is 858. The number of carbonyl (C=O) groups excluding carboxylic acids is 1. The maximum absolute atomic E-state index is 13.0. The molecule has 6 nitrogen and oxygen atoms in total. The van der Waals surface area contributed by atoms with Crippen molar-refractivity contribution in [1.29, 1.82) is 0 Å². The van der Waals surface area contributed by atoms with Crippen molar-refractivity contribution in [2.45, 2.75) is 39.7 Å². The molecule has 0 saturated carbocycles. The van der Waals surface area contributed by atoms with Crippen LogP contribution in [0.5, 0.6) is 5.75 Å². The first-order valence-electron chi connectivity index (χ1n) is 10.1. The molecule has 1 aromatic carbocycles. The number of methoxy groups -OCH3 is 1. The third kappa shape index (κ3) is 3.68. The summed E-state index contributed by atoms with van der Waals surface area (Å²) in [4.78, 5) is 26.8. The standard InChI is InChI=1S/C22H28N4O2/c1-15-8-11-25(12-9-15)21-19-14-26(13-10-20(19)23-16(2)24-21)22(27)17-4-6-18(28-3)7-5-17/h4-7,15H,8-14H2,1-3H3. The second-order valence-corrected chi connectivity index (χ2v) is 7.89. The van der Waals surface area contributed by atoms with E-state index in [2.05, 4.69) is 16.8 Å². The smallest absolute Gasteiger partial charge is 0.254 e. The molecular weight excluding hydrogens is 352 g/mol. The summed E-state index contributed by atoms with van der Waals surface area (Å²) in [6.45, 7) is 7.58. The largest absolute Gasteiger partial charge is 0.497 e. The van der Waals surface area contributed by atoms with E-state index in [0.717, 1.165) is 54.1 Å². The number of aromatic nitrogens is 2. The SMILES string of the molecule is COc1ccc(C(=O)N2CCc3nc(C)nc(N4CCC(C)CC4)c3C2)cc1. The van der Waals surface area contributed by atoms with Crippen molar-refractivity contribution in [1.82, 2.24) is 14.9 Å². The molecule has 28 heavy (non-hydrogen) atoms. The van der Waals surface area contributed by atoms with Crippen LogP contribution in [0.3, 0.4) is 0 Å². The predicted octanol–water partition coefficient (Wildman–Crippen LogP) is 3.23. The first-order valence-corrected chi connectivity index (χ1v) is 10.1. The van der Waals surface area contributed by atoms with Crippen molar-refractivity contribution in [2.24, 2.45) is 5.92 Å². The number of amides is 1. The number of piperidine rings is 1. The molecule has 0 spiro atoms. The van der Waals surface area contributed by atoms with Crippen molar-refractivity contribution >= 4 is 11.7 Å². The molecule has 0 N–H and O–H groups in total. The van der Waals surface area contributed by atoms with Crippen LogP contribution >= 0.6 is 0 Å². The van der Waals surface area contributed by atoms with Crippen LogP contribution in [-0.2, 0) is 13.0 Å². The fourth-order valence-corrected chi connectivity index (χ4v) is 4.09. The minimum absolute atomic E-state index is 0.0482. The van der Waals surface area contributed by atoms with Crippen molar-refractivity contribution in [2.75, 3.05) is 31.6 Å². The van der Waals surface area contributed by atoms with Gasteiger partial charge in [-0.05, 0) is 49.9 Å². The molecule has 0 unspecified atom stereocenters. The molecule has 1 saturated heterocycles. The zero-order valence-electron chi connectivity index (χ0n) is 16.9. The fourth-order valence-electron chi connectivity index (χ4n) is 4.09. The van der Waals surface area contributed by atoms with Crippen molar-refractivity contribution in [3.8, 4) is 5.75 Å². The average Bonchev–Trinajstić information content (AvgIpc) is 2.73. The van der Waals surface area contributed by atoms with E-state index in [0.29, 0.717) is 18.7 Å². The number of nitrogens with zero attached hydrogens (tertiary/aromatic N) is 4. The summed E-state index contributed by atoms with van der Waals surface area (Å²) in [6.07, 6.45) is 3.15. The highest BCUT2D eigenvalue weighted by atomic mass is 16.5. The van der Waals surface area contributed by atoms with Gasteiger partial charge in [0.2, 0.25) is 0 Å². The summed E-state index contributed by atoms with van der Waals surface area (Å²) in [5.41, 5.74) is 2.90. The Morgan fingerprint density at radius 1 is 1.11 bits per heavy atom. The summed E-state index contributed by atoms with van der Waals surface area (Å²) in [6, 6.07) is 7.32. The number of carbonyl (C=O) groups is 1. The third-order valence-electron chi connectivity index (χ3n) is 5.86. The van der Waals surface area contributed by atoms with E-state index < -0.39 is 0 Å².